The lowest BCUT2D eigenvalue weighted by Gasteiger charge is -2.09. The van der Waals surface area contributed by atoms with Gasteiger partial charge in [0, 0.05) is 30.7 Å². The van der Waals surface area contributed by atoms with Crippen LogP contribution in [-0.2, 0) is 12.7 Å². The number of alkyl halides is 3. The highest BCUT2D eigenvalue weighted by Crippen LogP contribution is 2.27. The molecule has 0 radical (unpaired) electrons. The third-order valence-corrected chi connectivity index (χ3v) is 3.10. The molecule has 0 saturated heterocycles. The molecule has 0 amide bonds. The lowest BCUT2D eigenvalue weighted by molar-refractivity contribution is -0.141. The van der Waals surface area contributed by atoms with Crippen LogP contribution in [0.25, 0.3) is 11.4 Å². The van der Waals surface area contributed by atoms with E-state index in [1.807, 2.05) is 24.3 Å². The molecule has 0 aliphatic rings. The lowest BCUT2D eigenvalue weighted by Crippen LogP contribution is -2.11. The number of hydrogen-bond acceptors (Lipinski definition) is 4. The molecule has 0 atom stereocenters. The van der Waals surface area contributed by atoms with Gasteiger partial charge in [0.1, 0.15) is 11.5 Å². The van der Waals surface area contributed by atoms with Crippen molar-refractivity contribution >= 4 is 5.95 Å². The Labute approximate surface area is 129 Å². The SMILES string of the molecule is FC(F)(F)c1ccnc(NCc2cccc(-c3ncc[nH]3)c2)n1. The first-order valence-corrected chi connectivity index (χ1v) is 6.75. The molecule has 0 fully saturated rings. The molecule has 0 spiro atoms. The Balaban J connectivity index is 1.73. The van der Waals surface area contributed by atoms with Gasteiger partial charge >= 0.3 is 6.18 Å². The van der Waals surface area contributed by atoms with E-state index in [1.54, 1.807) is 12.4 Å². The Bertz CT molecular complexity index is 784. The van der Waals surface area contributed by atoms with Crippen LogP contribution in [0.15, 0.2) is 48.9 Å². The van der Waals surface area contributed by atoms with Crippen LogP contribution in [0.3, 0.4) is 0 Å². The van der Waals surface area contributed by atoms with Gasteiger partial charge in [-0.1, -0.05) is 18.2 Å². The molecular formula is C15H12F3N5. The molecule has 1 aromatic carbocycles. The summed E-state index contributed by atoms with van der Waals surface area (Å²) in [6.45, 7) is 0.301. The van der Waals surface area contributed by atoms with E-state index in [2.05, 4.69) is 25.3 Å². The van der Waals surface area contributed by atoms with E-state index in [4.69, 9.17) is 0 Å². The number of rotatable bonds is 4. The van der Waals surface area contributed by atoms with Crippen molar-refractivity contribution in [3.8, 4) is 11.4 Å². The Morgan fingerprint density at radius 1 is 1.09 bits per heavy atom. The second kappa shape index (κ2) is 6.07. The smallest absolute Gasteiger partial charge is 0.350 e. The van der Waals surface area contributed by atoms with Crippen molar-refractivity contribution in [1.82, 2.24) is 19.9 Å². The van der Waals surface area contributed by atoms with E-state index in [9.17, 15) is 13.2 Å². The summed E-state index contributed by atoms with van der Waals surface area (Å²) < 4.78 is 37.8. The molecule has 8 heteroatoms. The molecule has 0 saturated carbocycles. The fourth-order valence-corrected chi connectivity index (χ4v) is 2.03. The van der Waals surface area contributed by atoms with Crippen LogP contribution in [0, 0.1) is 0 Å². The predicted molar refractivity (Wildman–Crippen MR) is 78.4 cm³/mol. The molecule has 2 N–H and O–H groups in total. The molecule has 0 unspecified atom stereocenters. The molecule has 2 heterocycles. The number of imidazole rings is 1. The summed E-state index contributed by atoms with van der Waals surface area (Å²) in [5.41, 5.74) is 0.790. The minimum Gasteiger partial charge on any atom is -0.350 e. The fraction of sp³-hybridized carbons (Fsp3) is 0.133. The van der Waals surface area contributed by atoms with Gasteiger partial charge in [-0.25, -0.2) is 15.0 Å². The van der Waals surface area contributed by atoms with Crippen LogP contribution >= 0.6 is 0 Å². The van der Waals surface area contributed by atoms with E-state index in [1.165, 1.54) is 0 Å². The van der Waals surface area contributed by atoms with E-state index >= 15 is 0 Å². The Morgan fingerprint density at radius 3 is 2.70 bits per heavy atom. The van der Waals surface area contributed by atoms with Gasteiger partial charge in [-0.2, -0.15) is 13.2 Å². The Hall–Kier alpha value is -2.90. The van der Waals surface area contributed by atoms with Gasteiger partial charge in [0.25, 0.3) is 0 Å². The van der Waals surface area contributed by atoms with Crippen LogP contribution in [0.4, 0.5) is 19.1 Å². The molecule has 2 aromatic heterocycles. The first-order valence-electron chi connectivity index (χ1n) is 6.75. The molecule has 23 heavy (non-hydrogen) atoms. The highest BCUT2D eigenvalue weighted by atomic mass is 19.4. The average Bonchev–Trinajstić information content (AvgIpc) is 3.07. The highest BCUT2D eigenvalue weighted by Gasteiger charge is 2.32. The first kappa shape index (κ1) is 15.0. The first-order chi connectivity index (χ1) is 11.0. The van der Waals surface area contributed by atoms with Gasteiger partial charge in [0.05, 0.1) is 0 Å². The van der Waals surface area contributed by atoms with Crippen LogP contribution < -0.4 is 5.32 Å². The minimum atomic E-state index is -4.49. The largest absolute Gasteiger partial charge is 0.433 e. The molecule has 3 aromatic rings. The number of aromatic amines is 1. The number of hydrogen-bond donors (Lipinski definition) is 2. The zero-order valence-electron chi connectivity index (χ0n) is 11.8. The van der Waals surface area contributed by atoms with Crippen molar-refractivity contribution in [2.75, 3.05) is 5.32 Å². The van der Waals surface area contributed by atoms with Gasteiger partial charge in [-0.3, -0.25) is 0 Å². The van der Waals surface area contributed by atoms with Crippen molar-refractivity contribution < 1.29 is 13.2 Å². The maximum Gasteiger partial charge on any atom is 0.433 e. The zero-order valence-corrected chi connectivity index (χ0v) is 11.8. The fourth-order valence-electron chi connectivity index (χ4n) is 2.03. The molecule has 0 aliphatic heterocycles. The molecule has 5 nitrogen and oxygen atoms in total. The molecular weight excluding hydrogens is 307 g/mol. The van der Waals surface area contributed by atoms with E-state index < -0.39 is 11.9 Å². The van der Waals surface area contributed by atoms with Crippen LogP contribution in [-0.4, -0.2) is 19.9 Å². The number of nitrogens with zero attached hydrogens (tertiary/aromatic N) is 3. The summed E-state index contributed by atoms with van der Waals surface area (Å²) >= 11 is 0. The van der Waals surface area contributed by atoms with Crippen LogP contribution in [0.5, 0.6) is 0 Å². The summed E-state index contributed by atoms with van der Waals surface area (Å²) in [5.74, 6) is 0.658. The van der Waals surface area contributed by atoms with Gasteiger partial charge in [0.2, 0.25) is 5.95 Å². The summed E-state index contributed by atoms with van der Waals surface area (Å²) in [7, 11) is 0. The second-order valence-electron chi connectivity index (χ2n) is 4.75. The minimum absolute atomic E-state index is 0.0665. The number of benzene rings is 1. The van der Waals surface area contributed by atoms with E-state index in [0.717, 1.165) is 29.2 Å². The zero-order chi connectivity index (χ0) is 16.3. The predicted octanol–water partition coefficient (Wildman–Crippen LogP) is 3.50. The maximum absolute atomic E-state index is 12.6. The number of nitrogens with one attached hydrogen (secondary N) is 2. The van der Waals surface area contributed by atoms with Gasteiger partial charge in [0.15, 0.2) is 0 Å². The second-order valence-corrected chi connectivity index (χ2v) is 4.75. The number of aromatic nitrogens is 4. The van der Waals surface area contributed by atoms with E-state index in [-0.39, 0.29) is 5.95 Å². The highest BCUT2D eigenvalue weighted by molar-refractivity contribution is 5.56. The molecule has 0 bridgehead atoms. The van der Waals surface area contributed by atoms with Gasteiger partial charge in [-0.15, -0.1) is 0 Å². The summed E-state index contributed by atoms with van der Waals surface area (Å²) in [6.07, 6.45) is -0.0382. The van der Waals surface area contributed by atoms with Crippen molar-refractivity contribution in [2.45, 2.75) is 12.7 Å². The quantitative estimate of drug-likeness (QED) is 0.772. The Kier molecular flexibility index (Phi) is 3.96. The topological polar surface area (TPSA) is 66.5 Å². The lowest BCUT2D eigenvalue weighted by atomic mass is 10.1. The monoisotopic (exact) mass is 319 g/mol. The number of H-pyrrole nitrogens is 1. The summed E-state index contributed by atoms with van der Waals surface area (Å²) in [5, 5.41) is 2.79. The molecule has 118 valence electrons. The number of anilines is 1. The van der Waals surface area contributed by atoms with Gasteiger partial charge < -0.3 is 10.3 Å². The molecule has 3 rings (SSSR count). The standard InChI is InChI=1S/C15H12F3N5/c16-15(17,18)12-4-5-21-14(23-12)22-9-10-2-1-3-11(8-10)13-19-6-7-20-13/h1-8H,9H2,(H,19,20)(H,21,22,23). The van der Waals surface area contributed by atoms with Crippen molar-refractivity contribution in [3.63, 3.8) is 0 Å². The normalized spacial score (nSPS) is 11.4. The summed E-state index contributed by atoms with van der Waals surface area (Å²) in [4.78, 5) is 14.4. The maximum atomic E-state index is 12.6. The summed E-state index contributed by atoms with van der Waals surface area (Å²) in [6, 6.07) is 8.32. The van der Waals surface area contributed by atoms with Crippen molar-refractivity contribution in [2.24, 2.45) is 0 Å². The van der Waals surface area contributed by atoms with Crippen LogP contribution in [0.2, 0.25) is 0 Å². The Morgan fingerprint density at radius 2 is 1.96 bits per heavy atom. The number of halogens is 3. The van der Waals surface area contributed by atoms with Crippen molar-refractivity contribution in [3.05, 3.63) is 60.2 Å². The van der Waals surface area contributed by atoms with Crippen LogP contribution in [0.1, 0.15) is 11.3 Å². The van der Waals surface area contributed by atoms with Gasteiger partial charge in [-0.05, 0) is 17.7 Å². The van der Waals surface area contributed by atoms with Crippen molar-refractivity contribution in [1.29, 1.82) is 0 Å². The third kappa shape index (κ3) is 3.65. The molecule has 0 aliphatic carbocycles. The average molecular weight is 319 g/mol. The van der Waals surface area contributed by atoms with E-state index in [0.29, 0.717) is 6.54 Å². The third-order valence-electron chi connectivity index (χ3n) is 3.10.